The molecule has 2 aromatic carbocycles. The minimum absolute atomic E-state index is 0.113. The average Bonchev–Trinajstić information content (AvgIpc) is 2.69. The molecule has 0 saturated carbocycles. The van der Waals surface area contributed by atoms with Gasteiger partial charge in [-0.15, -0.1) is 0 Å². The van der Waals surface area contributed by atoms with Crippen molar-refractivity contribution in [3.63, 3.8) is 0 Å². The zero-order valence-corrected chi connectivity index (χ0v) is 15.5. The molecule has 0 radical (unpaired) electrons. The molecule has 0 atom stereocenters. The first-order valence-electron chi connectivity index (χ1n) is 9.53. The number of piperazine rings is 1. The molecule has 27 heavy (non-hydrogen) atoms. The Bertz CT molecular complexity index is 865. The number of imide groups is 1. The molecule has 0 spiro atoms. The Morgan fingerprint density at radius 1 is 1.00 bits per heavy atom. The summed E-state index contributed by atoms with van der Waals surface area (Å²) < 4.78 is 0. The summed E-state index contributed by atoms with van der Waals surface area (Å²) in [7, 11) is 2.13. The Morgan fingerprint density at radius 3 is 2.19 bits per heavy atom. The van der Waals surface area contributed by atoms with Crippen LogP contribution in [0.2, 0.25) is 0 Å². The van der Waals surface area contributed by atoms with Crippen molar-refractivity contribution in [2.24, 2.45) is 0 Å². The lowest BCUT2D eigenvalue weighted by molar-refractivity contribution is -0.883. The molecule has 3 amide bonds. The maximum atomic E-state index is 12.8. The zero-order chi connectivity index (χ0) is 19.0. The zero-order valence-electron chi connectivity index (χ0n) is 15.5. The third kappa shape index (κ3) is 3.21. The van der Waals surface area contributed by atoms with Gasteiger partial charge in [0.2, 0.25) is 5.91 Å². The molecule has 0 bridgehead atoms. The molecule has 0 unspecified atom stereocenters. The van der Waals surface area contributed by atoms with Crippen LogP contribution in [0.5, 0.6) is 0 Å². The van der Waals surface area contributed by atoms with Crippen LogP contribution in [0, 0.1) is 0 Å². The molecular weight excluding hydrogens is 342 g/mol. The number of rotatable bonds is 4. The number of hydrogen-bond acceptors (Lipinski definition) is 3. The van der Waals surface area contributed by atoms with Crippen LogP contribution < -0.4 is 4.90 Å². The smallest absolute Gasteiger partial charge is 0.261 e. The quantitative estimate of drug-likeness (QED) is 0.805. The SMILES string of the molecule is C[NH+]1CCN(C(=O)CCCN2C(=O)c3cccc4cccc(c34)C2=O)CC1. The van der Waals surface area contributed by atoms with E-state index in [0.29, 0.717) is 24.0 Å². The highest BCUT2D eigenvalue weighted by molar-refractivity contribution is 6.25. The van der Waals surface area contributed by atoms with E-state index in [0.717, 1.165) is 37.0 Å². The van der Waals surface area contributed by atoms with Crippen molar-refractivity contribution in [3.8, 4) is 0 Å². The fourth-order valence-electron chi connectivity index (χ4n) is 3.97. The molecule has 0 aromatic heterocycles. The summed E-state index contributed by atoms with van der Waals surface area (Å²) in [6.45, 7) is 3.77. The minimum atomic E-state index is -0.264. The van der Waals surface area contributed by atoms with Gasteiger partial charge in [-0.2, -0.15) is 0 Å². The van der Waals surface area contributed by atoms with Crippen molar-refractivity contribution in [3.05, 3.63) is 47.5 Å². The maximum absolute atomic E-state index is 12.8. The van der Waals surface area contributed by atoms with E-state index in [9.17, 15) is 14.4 Å². The fraction of sp³-hybridized carbons (Fsp3) is 0.381. The van der Waals surface area contributed by atoms with E-state index in [2.05, 4.69) is 7.05 Å². The first-order chi connectivity index (χ1) is 13.1. The Balaban J connectivity index is 1.44. The van der Waals surface area contributed by atoms with E-state index >= 15 is 0 Å². The second kappa shape index (κ2) is 7.12. The summed E-state index contributed by atoms with van der Waals surface area (Å²) in [6.07, 6.45) is 0.857. The maximum Gasteiger partial charge on any atom is 0.261 e. The lowest BCUT2D eigenvalue weighted by Gasteiger charge is -2.30. The monoisotopic (exact) mass is 366 g/mol. The molecule has 6 nitrogen and oxygen atoms in total. The highest BCUT2D eigenvalue weighted by atomic mass is 16.2. The molecule has 1 fully saturated rings. The van der Waals surface area contributed by atoms with Gasteiger partial charge >= 0.3 is 0 Å². The van der Waals surface area contributed by atoms with E-state index < -0.39 is 0 Å². The molecule has 2 aliphatic rings. The highest BCUT2D eigenvalue weighted by Gasteiger charge is 2.32. The number of hydrogen-bond donors (Lipinski definition) is 1. The molecule has 1 N–H and O–H groups in total. The van der Waals surface area contributed by atoms with E-state index in [-0.39, 0.29) is 24.3 Å². The van der Waals surface area contributed by atoms with Gasteiger partial charge in [0.25, 0.3) is 11.8 Å². The van der Waals surface area contributed by atoms with Crippen molar-refractivity contribution in [2.45, 2.75) is 12.8 Å². The van der Waals surface area contributed by atoms with Crippen molar-refractivity contribution < 1.29 is 19.3 Å². The van der Waals surface area contributed by atoms with E-state index in [1.807, 2.05) is 29.2 Å². The number of amides is 3. The number of nitrogens with one attached hydrogen (secondary N) is 1. The largest absolute Gasteiger partial charge is 0.334 e. The lowest BCUT2D eigenvalue weighted by Crippen LogP contribution is -3.12. The third-order valence-electron chi connectivity index (χ3n) is 5.60. The Morgan fingerprint density at radius 2 is 1.59 bits per heavy atom. The number of carbonyl (C=O) groups excluding carboxylic acids is 3. The fourth-order valence-corrected chi connectivity index (χ4v) is 3.97. The van der Waals surface area contributed by atoms with Crippen LogP contribution in [0.25, 0.3) is 10.8 Å². The Kier molecular flexibility index (Phi) is 4.66. The molecule has 2 aromatic rings. The van der Waals surface area contributed by atoms with Crippen LogP contribution in [0.1, 0.15) is 33.6 Å². The van der Waals surface area contributed by atoms with Crippen LogP contribution in [0.15, 0.2) is 36.4 Å². The molecule has 4 rings (SSSR count). The Labute approximate surface area is 158 Å². The van der Waals surface area contributed by atoms with Gasteiger partial charge < -0.3 is 9.80 Å². The minimum Gasteiger partial charge on any atom is -0.334 e. The average molecular weight is 366 g/mol. The highest BCUT2D eigenvalue weighted by Crippen LogP contribution is 2.30. The summed E-state index contributed by atoms with van der Waals surface area (Å²) in [5.41, 5.74) is 1.13. The van der Waals surface area contributed by atoms with Crippen molar-refractivity contribution >= 4 is 28.5 Å². The van der Waals surface area contributed by atoms with Gasteiger partial charge in [0.1, 0.15) is 0 Å². The molecule has 1 saturated heterocycles. The van der Waals surface area contributed by atoms with Gasteiger partial charge in [0.05, 0.1) is 33.2 Å². The number of likely N-dealkylation sites (N-methyl/N-ethyl adjacent to an activating group) is 1. The van der Waals surface area contributed by atoms with Crippen LogP contribution in [0.4, 0.5) is 0 Å². The first kappa shape index (κ1) is 17.7. The summed E-state index contributed by atoms with van der Waals surface area (Å²) in [5, 5.41) is 1.64. The first-order valence-corrected chi connectivity index (χ1v) is 9.53. The summed E-state index contributed by atoms with van der Waals surface area (Å²) >= 11 is 0. The molecule has 2 aliphatic heterocycles. The topological polar surface area (TPSA) is 62.1 Å². The molecular formula is C21H24N3O3+. The van der Waals surface area contributed by atoms with Gasteiger partial charge in [-0.1, -0.05) is 24.3 Å². The number of nitrogens with zero attached hydrogens (tertiary/aromatic N) is 2. The van der Waals surface area contributed by atoms with Crippen LogP contribution in [-0.4, -0.2) is 67.3 Å². The number of carbonyl (C=O) groups is 3. The van der Waals surface area contributed by atoms with Gasteiger partial charge in [0, 0.05) is 29.5 Å². The van der Waals surface area contributed by atoms with Crippen LogP contribution in [0.3, 0.4) is 0 Å². The van der Waals surface area contributed by atoms with Crippen molar-refractivity contribution in [1.82, 2.24) is 9.80 Å². The predicted octanol–water partition coefficient (Wildman–Crippen LogP) is 0.573. The second-order valence-electron chi connectivity index (χ2n) is 7.41. The van der Waals surface area contributed by atoms with Crippen molar-refractivity contribution in [1.29, 1.82) is 0 Å². The molecule has 0 aliphatic carbocycles. The van der Waals surface area contributed by atoms with E-state index in [1.165, 1.54) is 9.80 Å². The van der Waals surface area contributed by atoms with Gasteiger partial charge in [-0.25, -0.2) is 0 Å². The summed E-state index contributed by atoms with van der Waals surface area (Å²) in [4.78, 5) is 42.7. The predicted molar refractivity (Wildman–Crippen MR) is 102 cm³/mol. The van der Waals surface area contributed by atoms with Gasteiger partial charge in [-0.3, -0.25) is 19.3 Å². The summed E-state index contributed by atoms with van der Waals surface area (Å²) in [5.74, 6) is -0.415. The lowest BCUT2D eigenvalue weighted by atomic mass is 9.94. The Hall–Kier alpha value is -2.73. The summed E-state index contributed by atoms with van der Waals surface area (Å²) in [6, 6.07) is 11.0. The number of quaternary nitrogens is 1. The second-order valence-corrected chi connectivity index (χ2v) is 7.41. The van der Waals surface area contributed by atoms with Gasteiger partial charge in [-0.05, 0) is 23.9 Å². The van der Waals surface area contributed by atoms with E-state index in [1.54, 1.807) is 12.1 Å². The van der Waals surface area contributed by atoms with Crippen LogP contribution in [-0.2, 0) is 4.79 Å². The molecule has 2 heterocycles. The standard InChI is InChI=1S/C21H23N3O3/c1-22-11-13-23(14-12-22)18(25)9-4-10-24-20(26)16-7-2-5-15-6-3-8-17(19(15)16)21(24)27/h2-3,5-8H,4,9-14H2,1H3/p+1. The van der Waals surface area contributed by atoms with E-state index in [4.69, 9.17) is 0 Å². The normalized spacial score (nSPS) is 17.7. The van der Waals surface area contributed by atoms with Gasteiger partial charge in [0.15, 0.2) is 0 Å². The molecule has 140 valence electrons. The van der Waals surface area contributed by atoms with Crippen molar-refractivity contribution in [2.75, 3.05) is 39.8 Å². The third-order valence-corrected chi connectivity index (χ3v) is 5.60. The number of benzene rings is 2. The molecule has 6 heteroatoms. The van der Waals surface area contributed by atoms with Crippen LogP contribution >= 0.6 is 0 Å².